The molecule has 6 nitrogen and oxygen atoms in total. The molecule has 1 aliphatic heterocycles. The second kappa shape index (κ2) is 7.97. The van der Waals surface area contributed by atoms with Gasteiger partial charge in [0.1, 0.15) is 11.6 Å². The Hall–Kier alpha value is -2.93. The monoisotopic (exact) mass is 357 g/mol. The number of methoxy groups -OCH3 is 1. The predicted molar refractivity (Wildman–Crippen MR) is 94.4 cm³/mol. The van der Waals surface area contributed by atoms with Crippen LogP contribution in [0.4, 0.5) is 9.18 Å². The largest absolute Gasteiger partial charge is 0.497 e. The maximum atomic E-state index is 13.3. The molecular formula is C19H20FN3O3. The lowest BCUT2D eigenvalue weighted by Gasteiger charge is -2.21. The number of imide groups is 1. The summed E-state index contributed by atoms with van der Waals surface area (Å²) in [6.45, 7) is 0.815. The Kier molecular flexibility index (Phi) is 5.48. The Morgan fingerprint density at radius 2 is 1.81 bits per heavy atom. The van der Waals surface area contributed by atoms with E-state index in [-0.39, 0.29) is 30.3 Å². The topological polar surface area (TPSA) is 70.7 Å². The van der Waals surface area contributed by atoms with Crippen molar-refractivity contribution in [2.45, 2.75) is 6.04 Å². The van der Waals surface area contributed by atoms with Crippen LogP contribution < -0.4 is 15.4 Å². The first-order valence-electron chi connectivity index (χ1n) is 8.29. The van der Waals surface area contributed by atoms with Crippen LogP contribution in [-0.2, 0) is 4.79 Å². The van der Waals surface area contributed by atoms with Crippen molar-refractivity contribution in [3.63, 3.8) is 0 Å². The Bertz CT molecular complexity index is 778. The van der Waals surface area contributed by atoms with Crippen LogP contribution in [0.25, 0.3) is 0 Å². The molecule has 1 heterocycles. The molecule has 0 aromatic heterocycles. The minimum Gasteiger partial charge on any atom is -0.497 e. The summed E-state index contributed by atoms with van der Waals surface area (Å²) < 4.78 is 18.4. The molecule has 0 aliphatic carbocycles. The zero-order valence-corrected chi connectivity index (χ0v) is 14.4. The molecule has 1 fully saturated rings. The van der Waals surface area contributed by atoms with E-state index in [1.54, 1.807) is 19.2 Å². The first kappa shape index (κ1) is 17.9. The number of rotatable bonds is 6. The van der Waals surface area contributed by atoms with Gasteiger partial charge in [0.15, 0.2) is 0 Å². The van der Waals surface area contributed by atoms with Gasteiger partial charge in [0.25, 0.3) is 0 Å². The van der Waals surface area contributed by atoms with Crippen molar-refractivity contribution in [2.75, 3.05) is 26.7 Å². The van der Waals surface area contributed by atoms with E-state index in [1.807, 2.05) is 24.3 Å². The second-order valence-corrected chi connectivity index (χ2v) is 5.92. The number of benzene rings is 2. The number of carbonyl (C=O) groups is 2. The van der Waals surface area contributed by atoms with Crippen LogP contribution in [0, 0.1) is 5.82 Å². The Morgan fingerprint density at radius 1 is 1.19 bits per heavy atom. The lowest BCUT2D eigenvalue weighted by molar-refractivity contribution is -0.126. The fourth-order valence-corrected chi connectivity index (χ4v) is 2.87. The summed E-state index contributed by atoms with van der Waals surface area (Å²) in [6, 6.07) is 12.8. The normalized spacial score (nSPS) is 14.8. The molecule has 1 unspecified atom stereocenters. The fraction of sp³-hybridized carbons (Fsp3) is 0.263. The van der Waals surface area contributed by atoms with Crippen LogP contribution in [0.1, 0.15) is 17.2 Å². The van der Waals surface area contributed by atoms with Crippen molar-refractivity contribution in [2.24, 2.45) is 0 Å². The third kappa shape index (κ3) is 4.00. The fourth-order valence-electron chi connectivity index (χ4n) is 2.87. The maximum Gasteiger partial charge on any atom is 0.324 e. The molecule has 1 saturated heterocycles. The van der Waals surface area contributed by atoms with Gasteiger partial charge in [-0.2, -0.15) is 0 Å². The zero-order valence-electron chi connectivity index (χ0n) is 14.4. The van der Waals surface area contributed by atoms with Gasteiger partial charge in [0.2, 0.25) is 5.91 Å². The van der Waals surface area contributed by atoms with E-state index < -0.39 is 0 Å². The van der Waals surface area contributed by atoms with Crippen molar-refractivity contribution in [3.8, 4) is 5.75 Å². The molecule has 2 aromatic carbocycles. The molecule has 0 saturated carbocycles. The van der Waals surface area contributed by atoms with E-state index in [0.29, 0.717) is 13.1 Å². The van der Waals surface area contributed by atoms with Gasteiger partial charge in [-0.05, 0) is 35.4 Å². The number of halogens is 1. The van der Waals surface area contributed by atoms with Crippen LogP contribution in [-0.4, -0.2) is 43.6 Å². The molecule has 0 bridgehead atoms. The number of nitrogens with zero attached hydrogens (tertiary/aromatic N) is 1. The van der Waals surface area contributed by atoms with Crippen molar-refractivity contribution in [1.82, 2.24) is 15.5 Å². The van der Waals surface area contributed by atoms with Gasteiger partial charge in [0.05, 0.1) is 19.7 Å². The van der Waals surface area contributed by atoms with Gasteiger partial charge in [-0.3, -0.25) is 15.0 Å². The minimum absolute atomic E-state index is 0.0124. The van der Waals surface area contributed by atoms with Gasteiger partial charge >= 0.3 is 6.03 Å². The van der Waals surface area contributed by atoms with Crippen LogP contribution in [0.3, 0.4) is 0 Å². The number of urea groups is 1. The van der Waals surface area contributed by atoms with Gasteiger partial charge in [-0.25, -0.2) is 9.18 Å². The van der Waals surface area contributed by atoms with Crippen LogP contribution in [0.15, 0.2) is 48.5 Å². The molecule has 3 amide bonds. The van der Waals surface area contributed by atoms with Gasteiger partial charge in [-0.1, -0.05) is 24.3 Å². The number of amides is 3. The SMILES string of the molecule is COc1ccc(C(NCC(=O)N2CCNC2=O)c2ccc(F)cc2)cc1. The first-order valence-corrected chi connectivity index (χ1v) is 8.29. The summed E-state index contributed by atoms with van der Waals surface area (Å²) in [7, 11) is 1.59. The number of nitrogens with one attached hydrogen (secondary N) is 2. The minimum atomic E-state index is -0.375. The molecule has 0 spiro atoms. The van der Waals surface area contributed by atoms with Gasteiger partial charge < -0.3 is 10.1 Å². The third-order valence-electron chi connectivity index (χ3n) is 4.27. The maximum absolute atomic E-state index is 13.3. The van der Waals surface area contributed by atoms with Crippen molar-refractivity contribution >= 4 is 11.9 Å². The summed E-state index contributed by atoms with van der Waals surface area (Å²) in [5.74, 6) is 0.0871. The molecule has 136 valence electrons. The lowest BCUT2D eigenvalue weighted by atomic mass is 9.98. The number of carbonyl (C=O) groups excluding carboxylic acids is 2. The van der Waals surface area contributed by atoms with E-state index in [1.165, 1.54) is 17.0 Å². The van der Waals surface area contributed by atoms with E-state index in [0.717, 1.165) is 16.9 Å². The Labute approximate surface area is 150 Å². The number of hydrogen-bond donors (Lipinski definition) is 2. The standard InChI is InChI=1S/C19H20FN3O3/c1-26-16-8-4-14(5-9-16)18(13-2-6-15(20)7-3-13)22-12-17(24)23-11-10-21-19(23)25/h2-9,18,22H,10-12H2,1H3,(H,21,25). The van der Waals surface area contributed by atoms with E-state index in [4.69, 9.17) is 4.74 Å². The molecule has 0 radical (unpaired) electrons. The molecule has 1 aliphatic rings. The average Bonchev–Trinajstić information content (AvgIpc) is 3.09. The van der Waals surface area contributed by atoms with Crippen molar-refractivity contribution in [1.29, 1.82) is 0 Å². The molecule has 2 N–H and O–H groups in total. The molecule has 2 aromatic rings. The van der Waals surface area contributed by atoms with Crippen molar-refractivity contribution < 1.29 is 18.7 Å². The third-order valence-corrected chi connectivity index (χ3v) is 4.27. The average molecular weight is 357 g/mol. The summed E-state index contributed by atoms with van der Waals surface area (Å²) in [5.41, 5.74) is 1.71. The highest BCUT2D eigenvalue weighted by Crippen LogP contribution is 2.24. The Morgan fingerprint density at radius 3 is 2.35 bits per heavy atom. The quantitative estimate of drug-likeness (QED) is 0.830. The molecule has 26 heavy (non-hydrogen) atoms. The molecule has 7 heteroatoms. The highest BCUT2D eigenvalue weighted by molar-refractivity contribution is 5.96. The molecule has 3 rings (SSSR count). The highest BCUT2D eigenvalue weighted by Gasteiger charge is 2.26. The summed E-state index contributed by atoms with van der Waals surface area (Å²) >= 11 is 0. The van der Waals surface area contributed by atoms with E-state index >= 15 is 0 Å². The van der Waals surface area contributed by atoms with Gasteiger partial charge in [0, 0.05) is 13.1 Å². The van der Waals surface area contributed by atoms with Gasteiger partial charge in [-0.15, -0.1) is 0 Å². The van der Waals surface area contributed by atoms with Crippen LogP contribution in [0.2, 0.25) is 0 Å². The highest BCUT2D eigenvalue weighted by atomic mass is 19.1. The van der Waals surface area contributed by atoms with E-state index in [9.17, 15) is 14.0 Å². The predicted octanol–water partition coefficient (Wildman–Crippen LogP) is 2.07. The second-order valence-electron chi connectivity index (χ2n) is 5.92. The van der Waals surface area contributed by atoms with Crippen LogP contribution >= 0.6 is 0 Å². The van der Waals surface area contributed by atoms with Crippen molar-refractivity contribution in [3.05, 3.63) is 65.5 Å². The van der Waals surface area contributed by atoms with E-state index in [2.05, 4.69) is 10.6 Å². The Balaban J connectivity index is 1.79. The molecule has 1 atom stereocenters. The smallest absolute Gasteiger partial charge is 0.324 e. The summed E-state index contributed by atoms with van der Waals surface area (Å²) in [4.78, 5) is 25.1. The first-order chi connectivity index (χ1) is 12.6. The van der Waals surface area contributed by atoms with Crippen LogP contribution in [0.5, 0.6) is 5.75 Å². The summed E-state index contributed by atoms with van der Waals surface area (Å²) in [5, 5.41) is 5.78. The molecular weight excluding hydrogens is 337 g/mol. The number of ether oxygens (including phenoxy) is 1. The zero-order chi connectivity index (χ0) is 18.5. The number of hydrogen-bond acceptors (Lipinski definition) is 4. The summed E-state index contributed by atoms with van der Waals surface area (Å²) in [6.07, 6.45) is 0. The lowest BCUT2D eigenvalue weighted by Crippen LogP contribution is -2.41.